The molecule has 1 heterocycles. The first-order chi connectivity index (χ1) is 17.3. The molecule has 0 spiro atoms. The Labute approximate surface area is 222 Å². The average molecular weight is 533 g/mol. The number of hydrogen-bond acceptors (Lipinski definition) is 7. The first-order valence-corrected chi connectivity index (χ1v) is 12.8. The topological polar surface area (TPSA) is 105 Å². The molecule has 2 unspecified atom stereocenters. The molecule has 0 aromatic heterocycles. The minimum absolute atomic E-state index is 0.0194. The van der Waals surface area contributed by atoms with Gasteiger partial charge in [-0.3, -0.25) is 19.3 Å². The van der Waals surface area contributed by atoms with Gasteiger partial charge in [-0.15, -0.1) is 0 Å². The molecule has 2 amide bonds. The van der Waals surface area contributed by atoms with E-state index in [0.29, 0.717) is 30.8 Å². The molecule has 0 bridgehead atoms. The van der Waals surface area contributed by atoms with E-state index in [-0.39, 0.29) is 18.2 Å². The molecule has 2 aromatic carbocycles. The van der Waals surface area contributed by atoms with Crippen LogP contribution in [-0.2, 0) is 20.7 Å². The van der Waals surface area contributed by atoms with Gasteiger partial charge in [-0.05, 0) is 61.2 Å². The summed E-state index contributed by atoms with van der Waals surface area (Å²) in [5.74, 6) is -0.839. The Balaban J connectivity index is 1.42. The third kappa shape index (κ3) is 8.23. The average Bonchev–Trinajstić information content (AvgIpc) is 2.91. The molecule has 1 aliphatic rings. The number of nitrogens with zero attached hydrogens (tertiary/aromatic N) is 2. The minimum atomic E-state index is -0.784. The summed E-state index contributed by atoms with van der Waals surface area (Å²) in [5.41, 5.74) is 8.10. The van der Waals surface area contributed by atoms with E-state index in [4.69, 9.17) is 17.3 Å². The molecule has 0 saturated carbocycles. The van der Waals surface area contributed by atoms with E-state index in [1.807, 2.05) is 29.2 Å². The molecule has 0 aliphatic carbocycles. The molecule has 0 radical (unpaired) electrons. The second-order valence-electron chi connectivity index (χ2n) is 8.80. The molecule has 3 N–H and O–H groups in total. The smallest absolute Gasteiger partial charge is 0.322 e. The number of benzene rings is 2. The monoisotopic (exact) mass is 532 g/mol. The number of esters is 1. The summed E-state index contributed by atoms with van der Waals surface area (Å²) in [7, 11) is 1.27. The van der Waals surface area contributed by atoms with Crippen molar-refractivity contribution in [1.29, 1.82) is 0 Å². The summed E-state index contributed by atoms with van der Waals surface area (Å²) in [5, 5.41) is 2.89. The van der Waals surface area contributed by atoms with E-state index in [1.54, 1.807) is 24.3 Å². The molecule has 1 aliphatic heterocycles. The largest absolute Gasteiger partial charge is 0.468 e. The van der Waals surface area contributed by atoms with Crippen LogP contribution in [0.15, 0.2) is 48.5 Å². The van der Waals surface area contributed by atoms with E-state index < -0.39 is 17.3 Å². The highest BCUT2D eigenvalue weighted by atomic mass is 35.5. The van der Waals surface area contributed by atoms with Gasteiger partial charge in [-0.25, -0.2) is 0 Å². The lowest BCUT2D eigenvalue weighted by Crippen LogP contribution is -2.49. The standard InChI is InChI=1S/C26H33ClN4O4S/c1-35-26(34)22(28)10-11-23(36)24(32)29-21-8-4-19(5-9-21)25(33)31-16-14-30(15-17-31)13-12-18-2-6-20(27)7-3-18/h2-9,22-23,36H,10-17,28H2,1H3,(H,29,32). The molecule has 1 saturated heterocycles. The number of anilines is 1. The Hall–Kier alpha value is -2.59. The molecule has 1 fully saturated rings. The number of piperazine rings is 1. The maximum Gasteiger partial charge on any atom is 0.322 e. The number of amides is 2. The molecule has 2 aromatic rings. The van der Waals surface area contributed by atoms with Gasteiger partial charge in [0.1, 0.15) is 6.04 Å². The summed E-state index contributed by atoms with van der Waals surface area (Å²) in [6.45, 7) is 3.95. The Bertz CT molecular complexity index is 1030. The molecule has 194 valence electrons. The summed E-state index contributed by atoms with van der Waals surface area (Å²) in [6.07, 6.45) is 1.56. The van der Waals surface area contributed by atoms with Gasteiger partial charge in [0.05, 0.1) is 12.4 Å². The zero-order valence-corrected chi connectivity index (χ0v) is 22.0. The van der Waals surface area contributed by atoms with Gasteiger partial charge >= 0.3 is 5.97 Å². The van der Waals surface area contributed by atoms with E-state index >= 15 is 0 Å². The van der Waals surface area contributed by atoms with Crippen LogP contribution < -0.4 is 11.1 Å². The maximum absolute atomic E-state index is 12.9. The van der Waals surface area contributed by atoms with Gasteiger partial charge in [0.2, 0.25) is 5.91 Å². The number of methoxy groups -OCH3 is 1. The number of carbonyl (C=O) groups is 3. The normalized spacial score (nSPS) is 15.7. The molecule has 2 atom stereocenters. The predicted octanol–water partition coefficient (Wildman–Crippen LogP) is 2.86. The number of carbonyl (C=O) groups excluding carboxylic acids is 3. The first-order valence-electron chi connectivity index (χ1n) is 12.0. The Kier molecular flexibility index (Phi) is 10.6. The highest BCUT2D eigenvalue weighted by Crippen LogP contribution is 2.16. The first kappa shape index (κ1) is 28.0. The number of nitrogens with two attached hydrogens (primary N) is 1. The van der Waals surface area contributed by atoms with Crippen LogP contribution in [0, 0.1) is 0 Å². The van der Waals surface area contributed by atoms with Gasteiger partial charge in [0.25, 0.3) is 5.91 Å². The number of hydrogen-bond donors (Lipinski definition) is 3. The second kappa shape index (κ2) is 13.6. The fourth-order valence-electron chi connectivity index (χ4n) is 3.95. The highest BCUT2D eigenvalue weighted by molar-refractivity contribution is 7.81. The van der Waals surface area contributed by atoms with Crippen LogP contribution in [-0.4, -0.2) is 78.7 Å². The van der Waals surface area contributed by atoms with E-state index in [0.717, 1.165) is 31.1 Å². The number of ether oxygens (including phenoxy) is 1. The van der Waals surface area contributed by atoms with Crippen LogP contribution in [0.1, 0.15) is 28.8 Å². The van der Waals surface area contributed by atoms with Crippen LogP contribution in [0.5, 0.6) is 0 Å². The number of halogens is 1. The van der Waals surface area contributed by atoms with Gasteiger partial charge < -0.3 is 20.7 Å². The van der Waals surface area contributed by atoms with Gasteiger partial charge in [0.15, 0.2) is 0 Å². The van der Waals surface area contributed by atoms with Crippen molar-refractivity contribution in [3.05, 3.63) is 64.7 Å². The van der Waals surface area contributed by atoms with Crippen LogP contribution in [0.4, 0.5) is 5.69 Å². The third-order valence-electron chi connectivity index (χ3n) is 6.25. The van der Waals surface area contributed by atoms with E-state index in [2.05, 4.69) is 27.6 Å². The molecule has 36 heavy (non-hydrogen) atoms. The van der Waals surface area contributed by atoms with E-state index in [1.165, 1.54) is 12.7 Å². The van der Waals surface area contributed by atoms with Crippen LogP contribution in [0.25, 0.3) is 0 Å². The summed E-state index contributed by atoms with van der Waals surface area (Å²) < 4.78 is 4.58. The molecule has 10 heteroatoms. The number of thiol groups is 1. The van der Waals surface area contributed by atoms with Crippen molar-refractivity contribution in [3.8, 4) is 0 Å². The van der Waals surface area contributed by atoms with Crippen molar-refractivity contribution < 1.29 is 19.1 Å². The number of rotatable bonds is 10. The lowest BCUT2D eigenvalue weighted by atomic mass is 10.1. The number of nitrogens with one attached hydrogen (secondary N) is 1. The van der Waals surface area contributed by atoms with Crippen molar-refractivity contribution in [1.82, 2.24) is 9.80 Å². The minimum Gasteiger partial charge on any atom is -0.468 e. The third-order valence-corrected chi connectivity index (χ3v) is 6.99. The molecular formula is C26H33ClN4O4S. The van der Waals surface area contributed by atoms with Crippen molar-refractivity contribution in [2.24, 2.45) is 5.73 Å². The van der Waals surface area contributed by atoms with Gasteiger partial charge in [0, 0.05) is 49.0 Å². The van der Waals surface area contributed by atoms with Crippen molar-refractivity contribution in [3.63, 3.8) is 0 Å². The van der Waals surface area contributed by atoms with Crippen molar-refractivity contribution in [2.75, 3.05) is 45.2 Å². The molecular weight excluding hydrogens is 500 g/mol. The van der Waals surface area contributed by atoms with Gasteiger partial charge in [-0.2, -0.15) is 12.6 Å². The zero-order valence-electron chi connectivity index (χ0n) is 20.4. The van der Waals surface area contributed by atoms with Crippen LogP contribution in [0.3, 0.4) is 0 Å². The zero-order chi connectivity index (χ0) is 26.1. The SMILES string of the molecule is COC(=O)C(N)CCC(S)C(=O)Nc1ccc(C(=O)N2CCN(CCc3ccc(Cl)cc3)CC2)cc1. The summed E-state index contributed by atoms with van der Waals surface area (Å²) in [4.78, 5) is 40.9. The second-order valence-corrected chi connectivity index (χ2v) is 9.86. The van der Waals surface area contributed by atoms with Crippen LogP contribution >= 0.6 is 24.2 Å². The van der Waals surface area contributed by atoms with E-state index in [9.17, 15) is 14.4 Å². The Morgan fingerprint density at radius 2 is 1.67 bits per heavy atom. The molecule has 3 rings (SSSR count). The Morgan fingerprint density at radius 3 is 2.28 bits per heavy atom. The lowest BCUT2D eigenvalue weighted by molar-refractivity contribution is -0.142. The lowest BCUT2D eigenvalue weighted by Gasteiger charge is -2.34. The fourth-order valence-corrected chi connectivity index (χ4v) is 4.29. The quantitative estimate of drug-likeness (QED) is 0.321. The highest BCUT2D eigenvalue weighted by Gasteiger charge is 2.23. The summed E-state index contributed by atoms with van der Waals surface area (Å²) in [6, 6.07) is 14.0. The molecule has 8 nitrogen and oxygen atoms in total. The van der Waals surface area contributed by atoms with Crippen LogP contribution in [0.2, 0.25) is 5.02 Å². The summed E-state index contributed by atoms with van der Waals surface area (Å²) >= 11 is 10.3. The van der Waals surface area contributed by atoms with Crippen molar-refractivity contribution >= 4 is 47.7 Å². The van der Waals surface area contributed by atoms with Gasteiger partial charge in [-0.1, -0.05) is 23.7 Å². The predicted molar refractivity (Wildman–Crippen MR) is 145 cm³/mol. The maximum atomic E-state index is 12.9. The van der Waals surface area contributed by atoms with Crippen molar-refractivity contribution in [2.45, 2.75) is 30.6 Å². The Morgan fingerprint density at radius 1 is 1.03 bits per heavy atom. The fraction of sp³-hybridized carbons (Fsp3) is 0.423.